The molecule has 33 heavy (non-hydrogen) atoms. The molecular formula is C25H19Cl3N2O3. The van der Waals surface area contributed by atoms with Crippen LogP contribution in [0.1, 0.15) is 18.1 Å². The number of nitrogens with one attached hydrogen (secondary N) is 1. The topological polar surface area (TPSA) is 71.3 Å². The number of anilines is 1. The molecule has 1 N–H and O–H groups in total. The van der Waals surface area contributed by atoms with E-state index in [4.69, 9.17) is 44.3 Å². The van der Waals surface area contributed by atoms with Gasteiger partial charge in [-0.3, -0.25) is 4.79 Å². The van der Waals surface area contributed by atoms with Crippen LogP contribution < -0.4 is 14.8 Å². The van der Waals surface area contributed by atoms with E-state index in [1.54, 1.807) is 42.5 Å². The van der Waals surface area contributed by atoms with Crippen LogP contribution in [0.15, 0.2) is 66.2 Å². The van der Waals surface area contributed by atoms with Gasteiger partial charge in [-0.2, -0.15) is 5.26 Å². The van der Waals surface area contributed by atoms with Crippen LogP contribution in [0.4, 0.5) is 5.69 Å². The highest BCUT2D eigenvalue weighted by Crippen LogP contribution is 2.31. The second-order valence-corrected chi connectivity index (χ2v) is 8.08. The van der Waals surface area contributed by atoms with Crippen LogP contribution in [0.3, 0.4) is 0 Å². The van der Waals surface area contributed by atoms with Crippen molar-refractivity contribution in [3.8, 4) is 17.6 Å². The third-order valence-electron chi connectivity index (χ3n) is 4.41. The van der Waals surface area contributed by atoms with Gasteiger partial charge in [0.05, 0.1) is 6.61 Å². The number of benzene rings is 3. The van der Waals surface area contributed by atoms with E-state index >= 15 is 0 Å². The lowest BCUT2D eigenvalue weighted by molar-refractivity contribution is -0.112. The molecular weight excluding hydrogens is 483 g/mol. The maximum atomic E-state index is 12.6. The Labute approximate surface area is 207 Å². The zero-order valence-corrected chi connectivity index (χ0v) is 19.8. The van der Waals surface area contributed by atoms with Crippen molar-refractivity contribution in [2.45, 2.75) is 13.5 Å². The summed E-state index contributed by atoms with van der Waals surface area (Å²) in [7, 11) is 0. The first-order valence-electron chi connectivity index (χ1n) is 9.92. The summed E-state index contributed by atoms with van der Waals surface area (Å²) in [5.41, 5.74) is 1.73. The van der Waals surface area contributed by atoms with E-state index in [0.29, 0.717) is 44.4 Å². The summed E-state index contributed by atoms with van der Waals surface area (Å²) in [6, 6.07) is 19.1. The van der Waals surface area contributed by atoms with Crippen LogP contribution in [0.2, 0.25) is 15.1 Å². The average Bonchev–Trinajstić information content (AvgIpc) is 2.77. The number of rotatable bonds is 8. The summed E-state index contributed by atoms with van der Waals surface area (Å²) in [5, 5.41) is 13.5. The standard InChI is InChI=1S/C25H19Cl3N2O3/c1-2-32-24-10-16(7-8-23(24)33-15-17-5-3-4-6-22(17)28)9-18(14-29)25(31)30-21-12-19(26)11-20(27)13-21/h3-13H,2,15H2,1H3,(H,30,31)/b18-9+. The Bertz CT molecular complexity index is 1220. The summed E-state index contributed by atoms with van der Waals surface area (Å²) >= 11 is 18.1. The number of nitrogens with zero attached hydrogens (tertiary/aromatic N) is 1. The number of carbonyl (C=O) groups excluding carboxylic acids is 1. The number of carbonyl (C=O) groups is 1. The lowest BCUT2D eigenvalue weighted by atomic mass is 10.1. The molecule has 8 heteroatoms. The van der Waals surface area contributed by atoms with Gasteiger partial charge in [-0.15, -0.1) is 0 Å². The van der Waals surface area contributed by atoms with Crippen molar-refractivity contribution in [2.75, 3.05) is 11.9 Å². The fourth-order valence-electron chi connectivity index (χ4n) is 2.91. The van der Waals surface area contributed by atoms with Crippen LogP contribution in [0.5, 0.6) is 11.5 Å². The zero-order chi connectivity index (χ0) is 23.8. The molecule has 168 valence electrons. The van der Waals surface area contributed by atoms with Gasteiger partial charge in [0.1, 0.15) is 18.2 Å². The summed E-state index contributed by atoms with van der Waals surface area (Å²) in [5.74, 6) is 0.413. The maximum Gasteiger partial charge on any atom is 0.266 e. The smallest absolute Gasteiger partial charge is 0.266 e. The molecule has 3 rings (SSSR count). The second-order valence-electron chi connectivity index (χ2n) is 6.80. The lowest BCUT2D eigenvalue weighted by Crippen LogP contribution is -2.13. The number of hydrogen-bond acceptors (Lipinski definition) is 4. The van der Waals surface area contributed by atoms with E-state index in [1.807, 2.05) is 31.2 Å². The normalized spacial score (nSPS) is 10.9. The Morgan fingerprint density at radius 1 is 1.00 bits per heavy atom. The molecule has 0 spiro atoms. The van der Waals surface area contributed by atoms with Crippen LogP contribution >= 0.6 is 34.8 Å². The summed E-state index contributed by atoms with van der Waals surface area (Å²) in [6.45, 7) is 2.53. The number of halogens is 3. The van der Waals surface area contributed by atoms with Gasteiger partial charge in [-0.1, -0.05) is 59.1 Å². The van der Waals surface area contributed by atoms with Gasteiger partial charge in [-0.05, 0) is 55.0 Å². The van der Waals surface area contributed by atoms with Crippen LogP contribution in [-0.2, 0) is 11.4 Å². The molecule has 0 atom stereocenters. The van der Waals surface area contributed by atoms with Gasteiger partial charge in [0.25, 0.3) is 5.91 Å². The molecule has 0 heterocycles. The molecule has 0 aromatic heterocycles. The van der Waals surface area contributed by atoms with Crippen LogP contribution in [0.25, 0.3) is 6.08 Å². The largest absolute Gasteiger partial charge is 0.490 e. The van der Waals surface area contributed by atoms with Crippen LogP contribution in [-0.4, -0.2) is 12.5 Å². The Hall–Kier alpha value is -3.17. The number of ether oxygens (including phenoxy) is 2. The number of nitriles is 1. The van der Waals surface area contributed by atoms with E-state index in [9.17, 15) is 10.1 Å². The monoisotopic (exact) mass is 500 g/mol. The molecule has 3 aromatic carbocycles. The molecule has 0 unspecified atom stereocenters. The van der Waals surface area contributed by atoms with Crippen molar-refractivity contribution in [1.29, 1.82) is 5.26 Å². The minimum absolute atomic E-state index is 0.0988. The SMILES string of the molecule is CCOc1cc(/C=C(\C#N)C(=O)Nc2cc(Cl)cc(Cl)c2)ccc1OCc1ccccc1Cl. The molecule has 0 aliphatic rings. The minimum atomic E-state index is -0.590. The van der Waals surface area contributed by atoms with Crippen molar-refractivity contribution in [3.05, 3.63) is 92.4 Å². The first-order valence-corrected chi connectivity index (χ1v) is 11.0. The van der Waals surface area contributed by atoms with E-state index in [-0.39, 0.29) is 12.2 Å². The van der Waals surface area contributed by atoms with Crippen molar-refractivity contribution in [1.82, 2.24) is 0 Å². The molecule has 5 nitrogen and oxygen atoms in total. The fourth-order valence-corrected chi connectivity index (χ4v) is 3.63. The molecule has 1 amide bonds. The Morgan fingerprint density at radius 3 is 2.39 bits per heavy atom. The van der Waals surface area contributed by atoms with E-state index in [0.717, 1.165) is 5.56 Å². The highest BCUT2D eigenvalue weighted by atomic mass is 35.5. The second kappa shape index (κ2) is 11.6. The summed E-state index contributed by atoms with van der Waals surface area (Å²) in [6.07, 6.45) is 1.46. The van der Waals surface area contributed by atoms with Gasteiger partial charge < -0.3 is 14.8 Å². The highest BCUT2D eigenvalue weighted by Gasteiger charge is 2.13. The molecule has 0 fully saturated rings. The molecule has 0 aliphatic carbocycles. The first kappa shape index (κ1) is 24.5. The quantitative estimate of drug-likeness (QED) is 0.262. The van der Waals surface area contributed by atoms with Gasteiger partial charge in [0.15, 0.2) is 11.5 Å². The predicted octanol–water partition coefficient (Wildman–Crippen LogP) is 7.17. The number of amides is 1. The van der Waals surface area contributed by atoms with Gasteiger partial charge >= 0.3 is 0 Å². The zero-order valence-electron chi connectivity index (χ0n) is 17.6. The van der Waals surface area contributed by atoms with E-state index in [2.05, 4.69) is 5.32 Å². The lowest BCUT2D eigenvalue weighted by Gasteiger charge is -2.13. The van der Waals surface area contributed by atoms with Crippen LogP contribution in [0, 0.1) is 11.3 Å². The van der Waals surface area contributed by atoms with Crippen molar-refractivity contribution in [3.63, 3.8) is 0 Å². The predicted molar refractivity (Wildman–Crippen MR) is 132 cm³/mol. The molecule has 0 bridgehead atoms. The Morgan fingerprint density at radius 2 is 1.73 bits per heavy atom. The molecule has 0 saturated carbocycles. The van der Waals surface area contributed by atoms with E-state index in [1.165, 1.54) is 6.08 Å². The first-order chi connectivity index (χ1) is 15.9. The highest BCUT2D eigenvalue weighted by molar-refractivity contribution is 6.35. The van der Waals surface area contributed by atoms with Crippen molar-refractivity contribution >= 4 is 52.5 Å². The third-order valence-corrected chi connectivity index (χ3v) is 5.21. The molecule has 3 aromatic rings. The van der Waals surface area contributed by atoms with Crippen molar-refractivity contribution < 1.29 is 14.3 Å². The summed E-state index contributed by atoms with van der Waals surface area (Å²) < 4.78 is 11.6. The Balaban J connectivity index is 1.80. The van der Waals surface area contributed by atoms with Gasteiger partial charge in [0.2, 0.25) is 0 Å². The maximum absolute atomic E-state index is 12.6. The van der Waals surface area contributed by atoms with Crippen molar-refractivity contribution in [2.24, 2.45) is 0 Å². The Kier molecular flexibility index (Phi) is 8.62. The third kappa shape index (κ3) is 6.90. The molecule has 0 saturated heterocycles. The molecule has 0 aliphatic heterocycles. The molecule has 0 radical (unpaired) electrons. The van der Waals surface area contributed by atoms with Gasteiger partial charge in [0, 0.05) is 26.3 Å². The van der Waals surface area contributed by atoms with E-state index < -0.39 is 5.91 Å². The van der Waals surface area contributed by atoms with Gasteiger partial charge in [-0.25, -0.2) is 0 Å². The minimum Gasteiger partial charge on any atom is -0.490 e. The average molecular weight is 502 g/mol. The number of hydrogen-bond donors (Lipinski definition) is 1. The fraction of sp³-hybridized carbons (Fsp3) is 0.120. The summed E-state index contributed by atoms with van der Waals surface area (Å²) in [4.78, 5) is 12.6.